The summed E-state index contributed by atoms with van der Waals surface area (Å²) >= 11 is 0. The summed E-state index contributed by atoms with van der Waals surface area (Å²) in [6, 6.07) is 7.16. The summed E-state index contributed by atoms with van der Waals surface area (Å²) in [5.41, 5.74) is 3.30. The van der Waals surface area contributed by atoms with Crippen molar-refractivity contribution in [1.82, 2.24) is 4.57 Å². The Morgan fingerprint density at radius 1 is 1.17 bits per heavy atom. The first-order valence-electron chi connectivity index (χ1n) is 13.2. The standard InChI is InChI=1S/C29H39NO5S/c1-5-9-20-10-8-12-22(14-20)36(34,35)26-13-7-6-11-21(26)15-23-19(2)30(18-27(32)33)24-16-29(3,4)17-25(31)28(23)24/h6-7,11,13,20,22H,5,8-10,12,14-18H2,1-4H3,(H,32,33). The van der Waals surface area contributed by atoms with E-state index in [4.69, 9.17) is 0 Å². The minimum absolute atomic E-state index is 0.0125. The number of sulfone groups is 1. The first kappa shape index (κ1) is 26.6. The Kier molecular flexibility index (Phi) is 7.52. The van der Waals surface area contributed by atoms with E-state index in [0.29, 0.717) is 54.0 Å². The SMILES string of the molecule is CCCC1CCCC(S(=O)(=O)c2ccccc2Cc2c3c(n(CC(=O)O)c2C)CC(C)(C)CC3=O)C1. The normalized spacial score (nSPS) is 21.8. The van der Waals surface area contributed by atoms with Gasteiger partial charge in [-0.25, -0.2) is 8.42 Å². The van der Waals surface area contributed by atoms with Crippen molar-refractivity contribution < 1.29 is 23.1 Å². The van der Waals surface area contributed by atoms with E-state index in [1.54, 1.807) is 16.7 Å². The number of nitrogens with zero attached hydrogens (tertiary/aromatic N) is 1. The van der Waals surface area contributed by atoms with Crippen LogP contribution in [0.2, 0.25) is 0 Å². The van der Waals surface area contributed by atoms with Crippen molar-refractivity contribution in [2.24, 2.45) is 11.3 Å². The Balaban J connectivity index is 1.76. The van der Waals surface area contributed by atoms with Gasteiger partial charge in [-0.2, -0.15) is 0 Å². The van der Waals surface area contributed by atoms with E-state index < -0.39 is 15.8 Å². The average molecular weight is 514 g/mol. The minimum Gasteiger partial charge on any atom is -0.480 e. The van der Waals surface area contributed by atoms with Crippen molar-refractivity contribution >= 4 is 21.6 Å². The topological polar surface area (TPSA) is 93.4 Å². The van der Waals surface area contributed by atoms with Crippen molar-refractivity contribution in [2.75, 3.05) is 0 Å². The van der Waals surface area contributed by atoms with Crippen LogP contribution in [0.25, 0.3) is 0 Å². The highest BCUT2D eigenvalue weighted by Crippen LogP contribution is 2.40. The molecule has 1 aromatic carbocycles. The molecule has 36 heavy (non-hydrogen) atoms. The van der Waals surface area contributed by atoms with Crippen molar-refractivity contribution in [2.45, 2.75) is 102 Å². The molecular formula is C29H39NO5S. The zero-order valence-corrected chi connectivity index (χ0v) is 22.8. The fraction of sp³-hybridized carbons (Fsp3) is 0.586. The lowest BCUT2D eigenvalue weighted by Gasteiger charge is -2.30. The number of ketones is 1. The number of aliphatic carboxylic acids is 1. The third kappa shape index (κ3) is 5.17. The lowest BCUT2D eigenvalue weighted by atomic mass is 9.75. The monoisotopic (exact) mass is 513 g/mol. The predicted molar refractivity (Wildman–Crippen MR) is 140 cm³/mol. The second-order valence-electron chi connectivity index (χ2n) is 11.6. The summed E-state index contributed by atoms with van der Waals surface area (Å²) < 4.78 is 29.5. The summed E-state index contributed by atoms with van der Waals surface area (Å²) in [6.07, 6.45) is 6.87. The highest BCUT2D eigenvalue weighted by atomic mass is 32.2. The molecule has 6 nitrogen and oxygen atoms in total. The van der Waals surface area contributed by atoms with Gasteiger partial charge in [0.25, 0.3) is 0 Å². The molecule has 0 spiro atoms. The summed E-state index contributed by atoms with van der Waals surface area (Å²) in [4.78, 5) is 25.3. The summed E-state index contributed by atoms with van der Waals surface area (Å²) in [5.74, 6) is -0.491. The zero-order valence-electron chi connectivity index (χ0n) is 22.0. The van der Waals surface area contributed by atoms with E-state index in [9.17, 15) is 23.1 Å². The predicted octanol–water partition coefficient (Wildman–Crippen LogP) is 5.76. The Labute approximate surface area is 215 Å². The van der Waals surface area contributed by atoms with Crippen LogP contribution in [0.1, 0.15) is 98.6 Å². The van der Waals surface area contributed by atoms with Gasteiger partial charge in [0.2, 0.25) is 0 Å². The number of carbonyl (C=O) groups excluding carboxylic acids is 1. The molecule has 0 radical (unpaired) electrons. The molecule has 1 saturated carbocycles. The minimum atomic E-state index is -3.53. The van der Waals surface area contributed by atoms with Crippen molar-refractivity contribution in [1.29, 1.82) is 0 Å². The Morgan fingerprint density at radius 2 is 1.89 bits per heavy atom. The third-order valence-corrected chi connectivity index (χ3v) is 10.4. The van der Waals surface area contributed by atoms with Gasteiger partial charge in [0.15, 0.2) is 15.6 Å². The molecule has 1 heterocycles. The number of carboxylic acids is 1. The number of carboxylic acid groups (broad SMARTS) is 1. The molecule has 1 fully saturated rings. The summed E-state index contributed by atoms with van der Waals surface area (Å²) in [5, 5.41) is 9.18. The van der Waals surface area contributed by atoms with E-state index in [1.165, 1.54) is 0 Å². The first-order chi connectivity index (χ1) is 16.9. The van der Waals surface area contributed by atoms with Gasteiger partial charge in [0.1, 0.15) is 6.54 Å². The average Bonchev–Trinajstić information content (AvgIpc) is 3.04. The molecule has 2 atom stereocenters. The lowest BCUT2D eigenvalue weighted by molar-refractivity contribution is -0.137. The maximum absolute atomic E-state index is 13.9. The molecule has 1 N–H and O–H groups in total. The largest absolute Gasteiger partial charge is 0.480 e. The van der Waals surface area contributed by atoms with Crippen molar-refractivity contribution in [3.05, 3.63) is 52.3 Å². The van der Waals surface area contributed by atoms with E-state index >= 15 is 0 Å². The van der Waals surface area contributed by atoms with Crippen LogP contribution >= 0.6 is 0 Å². The van der Waals surface area contributed by atoms with Crippen LogP contribution in [0, 0.1) is 18.3 Å². The third-order valence-electron chi connectivity index (χ3n) is 8.13. The number of aromatic nitrogens is 1. The van der Waals surface area contributed by atoms with E-state index in [1.807, 2.05) is 32.9 Å². The molecule has 4 rings (SSSR count). The van der Waals surface area contributed by atoms with Gasteiger partial charge in [-0.3, -0.25) is 9.59 Å². The van der Waals surface area contributed by atoms with E-state index in [2.05, 4.69) is 6.92 Å². The van der Waals surface area contributed by atoms with Crippen LogP contribution in [0.5, 0.6) is 0 Å². The highest BCUT2D eigenvalue weighted by molar-refractivity contribution is 7.92. The van der Waals surface area contributed by atoms with Gasteiger partial charge in [-0.05, 0) is 54.7 Å². The summed E-state index contributed by atoms with van der Waals surface area (Å²) in [7, 11) is -3.53. The van der Waals surface area contributed by atoms with Crippen molar-refractivity contribution in [3.8, 4) is 0 Å². The van der Waals surface area contributed by atoms with Gasteiger partial charge in [-0.15, -0.1) is 0 Å². The highest BCUT2D eigenvalue weighted by Gasteiger charge is 2.38. The lowest BCUT2D eigenvalue weighted by Crippen LogP contribution is -2.29. The van der Waals surface area contributed by atoms with Crippen molar-refractivity contribution in [3.63, 3.8) is 0 Å². The van der Waals surface area contributed by atoms with Crippen LogP contribution < -0.4 is 0 Å². The number of Topliss-reactive ketones (excluding diaryl/α,β-unsaturated/α-hetero) is 1. The molecule has 196 valence electrons. The Hall–Kier alpha value is -2.41. The Bertz CT molecular complexity index is 1270. The van der Waals surface area contributed by atoms with Crippen LogP contribution in [0.15, 0.2) is 29.2 Å². The number of rotatable bonds is 8. The van der Waals surface area contributed by atoms with Gasteiger partial charge in [-0.1, -0.05) is 64.7 Å². The molecule has 2 aliphatic rings. The number of fused-ring (bicyclic) bond motifs is 1. The van der Waals surface area contributed by atoms with Gasteiger partial charge >= 0.3 is 5.97 Å². The number of carbonyl (C=O) groups is 2. The smallest absolute Gasteiger partial charge is 0.323 e. The second kappa shape index (κ2) is 10.2. The summed E-state index contributed by atoms with van der Waals surface area (Å²) in [6.45, 7) is 7.84. The molecule has 2 unspecified atom stereocenters. The number of hydrogen-bond donors (Lipinski definition) is 1. The molecule has 1 aromatic heterocycles. The number of hydrogen-bond acceptors (Lipinski definition) is 4. The quantitative estimate of drug-likeness (QED) is 0.484. The molecule has 0 saturated heterocycles. The first-order valence-corrected chi connectivity index (χ1v) is 14.8. The number of benzene rings is 1. The van der Waals surface area contributed by atoms with Gasteiger partial charge < -0.3 is 9.67 Å². The van der Waals surface area contributed by atoms with Crippen LogP contribution in [-0.4, -0.2) is 35.1 Å². The zero-order chi connectivity index (χ0) is 26.3. The van der Waals surface area contributed by atoms with Crippen LogP contribution in [-0.2, 0) is 34.0 Å². The molecule has 2 aliphatic carbocycles. The fourth-order valence-corrected chi connectivity index (χ4v) is 8.60. The molecule has 0 bridgehead atoms. The molecule has 0 aliphatic heterocycles. The van der Waals surface area contributed by atoms with Gasteiger partial charge in [0.05, 0.1) is 10.1 Å². The fourth-order valence-electron chi connectivity index (χ4n) is 6.46. The molecule has 0 amide bonds. The van der Waals surface area contributed by atoms with Crippen LogP contribution in [0.4, 0.5) is 0 Å². The molecule has 7 heteroatoms. The molecule has 2 aromatic rings. The van der Waals surface area contributed by atoms with Gasteiger partial charge in [0, 0.05) is 29.8 Å². The second-order valence-corrected chi connectivity index (χ2v) is 13.8. The van der Waals surface area contributed by atoms with Crippen LogP contribution in [0.3, 0.4) is 0 Å². The Morgan fingerprint density at radius 3 is 2.58 bits per heavy atom. The van der Waals surface area contributed by atoms with E-state index in [-0.39, 0.29) is 23.0 Å². The van der Waals surface area contributed by atoms with E-state index in [0.717, 1.165) is 42.6 Å². The maximum Gasteiger partial charge on any atom is 0.323 e. The molecular weight excluding hydrogens is 474 g/mol. The maximum atomic E-state index is 13.9.